The van der Waals surface area contributed by atoms with Crippen LogP contribution in [0.1, 0.15) is 39.9 Å². The number of carbonyl (C=O) groups excluding carboxylic acids is 3. The highest BCUT2D eigenvalue weighted by Crippen LogP contribution is 2.31. The quantitative estimate of drug-likeness (QED) is 0.391. The zero-order valence-electron chi connectivity index (χ0n) is 19.9. The first-order chi connectivity index (χ1) is 17.3. The maximum absolute atomic E-state index is 13.3. The molecule has 3 heterocycles. The Morgan fingerprint density at radius 1 is 0.972 bits per heavy atom. The number of nitrogens with one attached hydrogen (secondary N) is 1. The van der Waals surface area contributed by atoms with Crippen LogP contribution in [0.25, 0.3) is 0 Å². The van der Waals surface area contributed by atoms with Crippen molar-refractivity contribution in [1.82, 2.24) is 15.1 Å². The third-order valence-corrected chi connectivity index (χ3v) is 6.98. The van der Waals surface area contributed by atoms with Crippen LogP contribution in [0.4, 0.5) is 0 Å². The molecule has 0 bridgehead atoms. The third kappa shape index (κ3) is 4.69. The Morgan fingerprint density at radius 2 is 1.67 bits per heavy atom. The van der Waals surface area contributed by atoms with E-state index in [-0.39, 0.29) is 59.6 Å². The van der Waals surface area contributed by atoms with E-state index in [1.165, 1.54) is 10.5 Å². The summed E-state index contributed by atoms with van der Waals surface area (Å²) in [5, 5.41) is 2.29. The second kappa shape index (κ2) is 10.1. The van der Waals surface area contributed by atoms with Crippen molar-refractivity contribution in [1.29, 1.82) is 0 Å². The molecule has 3 aliphatic rings. The number of ether oxygens (including phenoxy) is 2. The summed E-state index contributed by atoms with van der Waals surface area (Å²) in [6.07, 6.45) is 0.392. The zero-order valence-corrected chi connectivity index (χ0v) is 19.9. The van der Waals surface area contributed by atoms with E-state index < -0.39 is 17.9 Å². The Kier molecular flexibility index (Phi) is 6.95. The molecule has 1 unspecified atom stereocenters. The van der Waals surface area contributed by atoms with Gasteiger partial charge in [-0.25, -0.2) is 0 Å². The standard InChI is InChI=1S/C25H24B3N3O5/c26-20-19-16(12-31(25(19)34)17-5-6-18(32)29-24(17)33)23(22(28)21(20)27)36-13-15-3-1-14(2-4-15)11-30-7-9-35-10-8-30/h1-4,17H,5-13H2,(H,29,32,33). The van der Waals surface area contributed by atoms with Crippen LogP contribution >= 0.6 is 0 Å². The molecule has 2 fully saturated rings. The first kappa shape index (κ1) is 24.7. The first-order valence-corrected chi connectivity index (χ1v) is 12.0. The zero-order chi connectivity index (χ0) is 25.4. The van der Waals surface area contributed by atoms with Crippen molar-refractivity contribution < 1.29 is 23.9 Å². The lowest BCUT2D eigenvalue weighted by Crippen LogP contribution is -2.52. The Labute approximate surface area is 213 Å². The lowest BCUT2D eigenvalue weighted by Gasteiger charge is -2.29. The minimum absolute atomic E-state index is 0.0714. The number of hydrogen-bond donors (Lipinski definition) is 1. The minimum atomic E-state index is -0.781. The maximum Gasteiger partial charge on any atom is 0.254 e. The summed E-state index contributed by atoms with van der Waals surface area (Å²) in [5.74, 6) is -1.00. The van der Waals surface area contributed by atoms with Crippen LogP contribution in [0, 0.1) is 0 Å². The molecule has 178 valence electrons. The van der Waals surface area contributed by atoms with Gasteiger partial charge in [-0.1, -0.05) is 35.2 Å². The van der Waals surface area contributed by atoms with Gasteiger partial charge < -0.3 is 14.4 Å². The summed E-state index contributed by atoms with van der Waals surface area (Å²) in [5.41, 5.74) is 3.12. The summed E-state index contributed by atoms with van der Waals surface area (Å²) < 4.78 is 11.5. The molecule has 0 aliphatic carbocycles. The molecule has 0 saturated carbocycles. The van der Waals surface area contributed by atoms with Crippen molar-refractivity contribution in [2.24, 2.45) is 0 Å². The second-order valence-electron chi connectivity index (χ2n) is 9.32. The number of hydrogen-bond acceptors (Lipinski definition) is 6. The van der Waals surface area contributed by atoms with Crippen LogP contribution in [0.3, 0.4) is 0 Å². The molecule has 2 aromatic rings. The molecule has 36 heavy (non-hydrogen) atoms. The highest BCUT2D eigenvalue weighted by atomic mass is 16.5. The molecule has 8 nitrogen and oxygen atoms in total. The summed E-state index contributed by atoms with van der Waals surface area (Å²) in [7, 11) is 18.6. The van der Waals surface area contributed by atoms with Gasteiger partial charge in [0.05, 0.1) is 19.8 Å². The number of fused-ring (bicyclic) bond motifs is 1. The molecule has 6 radical (unpaired) electrons. The van der Waals surface area contributed by atoms with Crippen LogP contribution in [-0.2, 0) is 34.0 Å². The Morgan fingerprint density at radius 3 is 2.36 bits per heavy atom. The normalized spacial score (nSPS) is 20.4. The Balaban J connectivity index is 1.33. The van der Waals surface area contributed by atoms with Gasteiger partial charge in [0.2, 0.25) is 11.8 Å². The van der Waals surface area contributed by atoms with Crippen molar-refractivity contribution in [3.63, 3.8) is 0 Å². The topological polar surface area (TPSA) is 88.2 Å². The molecule has 1 N–H and O–H groups in total. The Hall–Kier alpha value is -3.04. The molecule has 3 aliphatic heterocycles. The highest BCUT2D eigenvalue weighted by molar-refractivity contribution is 6.59. The number of piperidine rings is 1. The number of amides is 3. The lowest BCUT2D eigenvalue weighted by molar-refractivity contribution is -0.136. The average molecular weight is 479 g/mol. The molecule has 11 heteroatoms. The summed E-state index contributed by atoms with van der Waals surface area (Å²) in [4.78, 5) is 41.0. The van der Waals surface area contributed by atoms with Crippen LogP contribution in [0.5, 0.6) is 5.75 Å². The predicted octanol–water partition coefficient (Wildman–Crippen LogP) is -1.76. The molecule has 1 atom stereocenters. The van der Waals surface area contributed by atoms with Gasteiger partial charge in [0.15, 0.2) is 0 Å². The van der Waals surface area contributed by atoms with Crippen molar-refractivity contribution in [2.45, 2.75) is 38.6 Å². The number of morpholine rings is 1. The van der Waals surface area contributed by atoms with E-state index in [0.717, 1.165) is 38.4 Å². The molecule has 3 amide bonds. The first-order valence-electron chi connectivity index (χ1n) is 12.0. The predicted molar refractivity (Wildman–Crippen MR) is 136 cm³/mol. The van der Waals surface area contributed by atoms with E-state index in [2.05, 4.69) is 22.3 Å². The van der Waals surface area contributed by atoms with Crippen molar-refractivity contribution >= 4 is 57.6 Å². The van der Waals surface area contributed by atoms with E-state index in [0.29, 0.717) is 5.56 Å². The maximum atomic E-state index is 13.3. The van der Waals surface area contributed by atoms with Gasteiger partial charge in [-0.2, -0.15) is 0 Å². The van der Waals surface area contributed by atoms with Crippen molar-refractivity contribution in [3.05, 3.63) is 46.5 Å². The molecule has 0 spiro atoms. The van der Waals surface area contributed by atoms with Gasteiger partial charge in [0.25, 0.3) is 5.91 Å². The van der Waals surface area contributed by atoms with E-state index in [1.54, 1.807) is 0 Å². The molecular formula is C25H24B3N3O5. The van der Waals surface area contributed by atoms with Gasteiger partial charge in [0, 0.05) is 37.2 Å². The largest absolute Gasteiger partial charge is 0.489 e. The molecule has 0 aromatic heterocycles. The van der Waals surface area contributed by atoms with Crippen LogP contribution < -0.4 is 26.4 Å². The van der Waals surface area contributed by atoms with Gasteiger partial charge >= 0.3 is 0 Å². The van der Waals surface area contributed by atoms with E-state index in [9.17, 15) is 14.4 Å². The van der Waals surface area contributed by atoms with Gasteiger partial charge in [-0.3, -0.25) is 24.6 Å². The van der Waals surface area contributed by atoms with Crippen molar-refractivity contribution in [3.8, 4) is 5.75 Å². The van der Waals surface area contributed by atoms with Crippen LogP contribution in [0.15, 0.2) is 24.3 Å². The highest BCUT2D eigenvalue weighted by Gasteiger charge is 2.41. The number of rotatable bonds is 6. The molecule has 2 aromatic carbocycles. The number of carbonyl (C=O) groups is 3. The molecule has 2 saturated heterocycles. The minimum Gasteiger partial charge on any atom is -0.489 e. The fraction of sp³-hybridized carbons (Fsp3) is 0.400. The molecular weight excluding hydrogens is 455 g/mol. The van der Waals surface area contributed by atoms with Crippen LogP contribution in [-0.4, -0.2) is 83.4 Å². The van der Waals surface area contributed by atoms with E-state index >= 15 is 0 Å². The van der Waals surface area contributed by atoms with Gasteiger partial charge in [0.1, 0.15) is 41.9 Å². The third-order valence-electron chi connectivity index (χ3n) is 6.98. The summed E-state index contributed by atoms with van der Waals surface area (Å²) in [6, 6.07) is 7.33. The summed E-state index contributed by atoms with van der Waals surface area (Å²) in [6.45, 7) is 4.51. The van der Waals surface area contributed by atoms with Gasteiger partial charge in [-0.05, 0) is 17.5 Å². The lowest BCUT2D eigenvalue weighted by atomic mass is 9.69. The van der Waals surface area contributed by atoms with E-state index in [1.807, 2.05) is 12.1 Å². The molecule has 5 rings (SSSR count). The Bertz CT molecular complexity index is 1210. The average Bonchev–Trinajstić information content (AvgIpc) is 3.21. The summed E-state index contributed by atoms with van der Waals surface area (Å²) >= 11 is 0. The van der Waals surface area contributed by atoms with Crippen LogP contribution in [0.2, 0.25) is 0 Å². The SMILES string of the molecule is [B]c1c([B])c(OCc2ccc(CN3CCOCC3)cc2)c2c(c1[B])C(=O)N(C1CCC(=O)NC1=O)C2. The fourth-order valence-electron chi connectivity index (χ4n) is 4.93. The number of benzene rings is 2. The number of imide groups is 1. The second-order valence-corrected chi connectivity index (χ2v) is 9.32. The van der Waals surface area contributed by atoms with Crippen molar-refractivity contribution in [2.75, 3.05) is 26.3 Å². The monoisotopic (exact) mass is 479 g/mol. The van der Waals surface area contributed by atoms with E-state index in [4.69, 9.17) is 33.0 Å². The fourth-order valence-corrected chi connectivity index (χ4v) is 4.93. The number of nitrogens with zero attached hydrogens (tertiary/aromatic N) is 2. The van der Waals surface area contributed by atoms with Gasteiger partial charge in [-0.15, -0.1) is 5.46 Å². The smallest absolute Gasteiger partial charge is 0.254 e.